The highest BCUT2D eigenvalue weighted by Gasteiger charge is 2.62. The van der Waals surface area contributed by atoms with Gasteiger partial charge in [0.25, 0.3) is 0 Å². The minimum atomic E-state index is -0.308. The summed E-state index contributed by atoms with van der Waals surface area (Å²) in [5.41, 5.74) is 1.37. The van der Waals surface area contributed by atoms with E-state index in [-0.39, 0.29) is 34.7 Å². The van der Waals surface area contributed by atoms with Crippen LogP contribution < -0.4 is 0 Å². The topological polar surface area (TPSA) is 57.5 Å². The first-order chi connectivity index (χ1) is 11.3. The second-order valence-corrected chi connectivity index (χ2v) is 9.59. The highest BCUT2D eigenvalue weighted by Crippen LogP contribution is 2.66. The number of fused-ring (bicyclic) bond motifs is 5. The van der Waals surface area contributed by atoms with Crippen LogP contribution in [0.15, 0.2) is 11.6 Å². The van der Waals surface area contributed by atoms with Gasteiger partial charge in [0.1, 0.15) is 0 Å². The molecular weight excluding hydrogens is 300 g/mol. The Kier molecular flexibility index (Phi) is 3.78. The Labute approximate surface area is 145 Å². The van der Waals surface area contributed by atoms with Crippen molar-refractivity contribution < 1.29 is 15.0 Å². The van der Waals surface area contributed by atoms with Crippen LogP contribution in [-0.4, -0.2) is 28.2 Å². The molecule has 0 spiro atoms. The Morgan fingerprint density at radius 1 is 1.21 bits per heavy atom. The molecule has 3 saturated carbocycles. The van der Waals surface area contributed by atoms with Gasteiger partial charge >= 0.3 is 0 Å². The summed E-state index contributed by atoms with van der Waals surface area (Å²) in [7, 11) is 0. The van der Waals surface area contributed by atoms with Gasteiger partial charge in [-0.15, -0.1) is 0 Å². The Morgan fingerprint density at radius 2 is 1.96 bits per heavy atom. The molecule has 0 amide bonds. The molecular formula is C21H32O3. The number of carbonyl (C=O) groups is 1. The zero-order valence-electron chi connectivity index (χ0n) is 15.3. The lowest BCUT2D eigenvalue weighted by Gasteiger charge is -2.60. The van der Waals surface area contributed by atoms with Crippen LogP contribution in [0.4, 0.5) is 0 Å². The van der Waals surface area contributed by atoms with Crippen molar-refractivity contribution in [1.29, 1.82) is 0 Å². The van der Waals surface area contributed by atoms with Crippen LogP contribution in [0, 0.1) is 34.5 Å². The first-order valence-electron chi connectivity index (χ1n) is 9.87. The van der Waals surface area contributed by atoms with Crippen LogP contribution in [0.2, 0.25) is 0 Å². The van der Waals surface area contributed by atoms with Gasteiger partial charge < -0.3 is 10.2 Å². The molecule has 0 heterocycles. The predicted octanol–water partition coefficient (Wildman–Crippen LogP) is 3.49. The minimum Gasteiger partial charge on any atom is -0.393 e. The lowest BCUT2D eigenvalue weighted by Crippen LogP contribution is -2.57. The average molecular weight is 332 g/mol. The Morgan fingerprint density at radius 3 is 2.67 bits per heavy atom. The highest BCUT2D eigenvalue weighted by molar-refractivity contribution is 5.91. The van der Waals surface area contributed by atoms with Crippen molar-refractivity contribution >= 4 is 5.78 Å². The lowest BCUT2D eigenvalue weighted by atomic mass is 9.46. The second-order valence-electron chi connectivity index (χ2n) is 9.59. The van der Waals surface area contributed by atoms with Crippen LogP contribution in [0.3, 0.4) is 0 Å². The summed E-state index contributed by atoms with van der Waals surface area (Å²) in [6, 6.07) is 0. The molecule has 8 atom stereocenters. The molecule has 0 aliphatic heterocycles. The van der Waals surface area contributed by atoms with Crippen LogP contribution >= 0.6 is 0 Å². The van der Waals surface area contributed by atoms with Gasteiger partial charge in [-0.3, -0.25) is 4.79 Å². The van der Waals surface area contributed by atoms with Crippen LogP contribution in [0.25, 0.3) is 0 Å². The molecule has 3 nitrogen and oxygen atoms in total. The number of hydrogen-bond donors (Lipinski definition) is 2. The zero-order chi connectivity index (χ0) is 17.3. The summed E-state index contributed by atoms with van der Waals surface area (Å²) in [5.74, 6) is 2.03. The molecule has 4 aliphatic rings. The van der Waals surface area contributed by atoms with Gasteiger partial charge in [-0.1, -0.05) is 19.4 Å². The number of carbonyl (C=O) groups excluding carboxylic acids is 1. The minimum absolute atomic E-state index is 0.000487. The van der Waals surface area contributed by atoms with E-state index in [2.05, 4.69) is 13.8 Å². The fraction of sp³-hybridized carbons (Fsp3) is 0.857. The van der Waals surface area contributed by atoms with Gasteiger partial charge in [0, 0.05) is 6.42 Å². The predicted molar refractivity (Wildman–Crippen MR) is 93.3 cm³/mol. The smallest absolute Gasteiger partial charge is 0.155 e. The van der Waals surface area contributed by atoms with E-state index in [0.29, 0.717) is 24.2 Å². The van der Waals surface area contributed by atoms with Crippen LogP contribution in [0.1, 0.15) is 65.7 Å². The molecule has 4 aliphatic carbocycles. The molecule has 0 bridgehead atoms. The first-order valence-corrected chi connectivity index (χ1v) is 9.87. The molecule has 0 aromatic heterocycles. The van der Waals surface area contributed by atoms with Gasteiger partial charge in [0.05, 0.1) is 12.2 Å². The molecule has 2 N–H and O–H groups in total. The molecule has 0 aromatic carbocycles. The average Bonchev–Trinajstić information content (AvgIpc) is 2.84. The summed E-state index contributed by atoms with van der Waals surface area (Å²) >= 11 is 0. The molecule has 0 radical (unpaired) electrons. The van der Waals surface area contributed by atoms with E-state index in [9.17, 15) is 15.0 Å². The third-order valence-electron chi connectivity index (χ3n) is 8.55. The maximum absolute atomic E-state index is 11.9. The third kappa shape index (κ3) is 2.13. The Balaban J connectivity index is 1.71. The van der Waals surface area contributed by atoms with Gasteiger partial charge in [-0.05, 0) is 86.0 Å². The van der Waals surface area contributed by atoms with Crippen LogP contribution in [-0.2, 0) is 4.79 Å². The summed E-state index contributed by atoms with van der Waals surface area (Å²) in [6.45, 7) is 6.54. The van der Waals surface area contributed by atoms with Crippen molar-refractivity contribution in [3.63, 3.8) is 0 Å². The summed E-state index contributed by atoms with van der Waals surface area (Å²) < 4.78 is 0. The Hall–Kier alpha value is -0.670. The van der Waals surface area contributed by atoms with Gasteiger partial charge in [-0.25, -0.2) is 0 Å². The van der Waals surface area contributed by atoms with Crippen molar-refractivity contribution in [3.8, 4) is 0 Å². The maximum Gasteiger partial charge on any atom is 0.155 e. The standard InChI is InChI=1S/C21H32O3/c1-12(22)16-6-7-17-15-5-4-13-10-14(23)8-9-20(13,2)19(15)18(24)11-21(16,17)3/h10,12,15-19,22,24H,4-9,11H2,1-3H3/t12-,15-,16+,17-,18-,19+,20-,21+/m0/s1. The first kappa shape index (κ1) is 16.8. The lowest BCUT2D eigenvalue weighted by molar-refractivity contribution is -0.140. The number of aliphatic hydroxyl groups is 2. The molecule has 134 valence electrons. The van der Waals surface area contributed by atoms with Gasteiger partial charge in [0.15, 0.2) is 5.78 Å². The van der Waals surface area contributed by atoms with E-state index in [0.717, 1.165) is 32.1 Å². The molecule has 0 unspecified atom stereocenters. The summed E-state index contributed by atoms with van der Waals surface area (Å²) in [4.78, 5) is 11.9. The molecule has 3 fully saturated rings. The summed E-state index contributed by atoms with van der Waals surface area (Å²) in [6.07, 6.45) is 8.04. The SMILES string of the molecule is C[C@H](O)[C@H]1CC[C@H]2[C@@H]3CCC4=CC(=O)CC[C@]4(C)[C@H]3[C@@H](O)C[C@]12C. The van der Waals surface area contributed by atoms with E-state index in [1.807, 2.05) is 13.0 Å². The number of allylic oxidation sites excluding steroid dienone is 1. The van der Waals surface area contributed by atoms with E-state index < -0.39 is 0 Å². The molecule has 24 heavy (non-hydrogen) atoms. The van der Waals surface area contributed by atoms with Crippen molar-refractivity contribution in [2.24, 2.45) is 34.5 Å². The van der Waals surface area contributed by atoms with Crippen molar-refractivity contribution in [3.05, 3.63) is 11.6 Å². The fourth-order valence-corrected chi connectivity index (χ4v) is 7.52. The molecule has 0 saturated heterocycles. The Bertz CT molecular complexity index is 580. The third-order valence-corrected chi connectivity index (χ3v) is 8.55. The monoisotopic (exact) mass is 332 g/mol. The summed E-state index contributed by atoms with van der Waals surface area (Å²) in [5, 5.41) is 21.5. The highest BCUT2D eigenvalue weighted by atomic mass is 16.3. The molecule has 0 aromatic rings. The second kappa shape index (κ2) is 5.41. The number of rotatable bonds is 1. The number of ketones is 1. The van der Waals surface area contributed by atoms with Crippen molar-refractivity contribution in [1.82, 2.24) is 0 Å². The largest absolute Gasteiger partial charge is 0.393 e. The fourth-order valence-electron chi connectivity index (χ4n) is 7.52. The van der Waals surface area contributed by atoms with Gasteiger partial charge in [-0.2, -0.15) is 0 Å². The van der Waals surface area contributed by atoms with Crippen molar-refractivity contribution in [2.75, 3.05) is 0 Å². The van der Waals surface area contributed by atoms with E-state index in [1.165, 1.54) is 12.0 Å². The normalized spacial score (nSPS) is 52.1. The maximum atomic E-state index is 11.9. The van der Waals surface area contributed by atoms with E-state index in [4.69, 9.17) is 0 Å². The van der Waals surface area contributed by atoms with Crippen LogP contribution in [0.5, 0.6) is 0 Å². The van der Waals surface area contributed by atoms with Crippen molar-refractivity contribution in [2.45, 2.75) is 77.9 Å². The van der Waals surface area contributed by atoms with E-state index >= 15 is 0 Å². The number of hydrogen-bond acceptors (Lipinski definition) is 3. The quantitative estimate of drug-likeness (QED) is 0.773. The van der Waals surface area contributed by atoms with E-state index in [1.54, 1.807) is 0 Å². The number of aliphatic hydroxyl groups excluding tert-OH is 2. The van der Waals surface area contributed by atoms with Gasteiger partial charge in [0.2, 0.25) is 0 Å². The molecule has 4 rings (SSSR count). The zero-order valence-corrected chi connectivity index (χ0v) is 15.3. The molecule has 3 heteroatoms.